The van der Waals surface area contributed by atoms with E-state index in [1.54, 1.807) is 0 Å². The van der Waals surface area contributed by atoms with Crippen LogP contribution in [0.2, 0.25) is 0 Å². The molecule has 0 bridgehead atoms. The molecule has 0 unspecified atom stereocenters. The van der Waals surface area contributed by atoms with Gasteiger partial charge >= 0.3 is 0 Å². The number of nitrogens with two attached hydrogens (primary N) is 1. The zero-order chi connectivity index (χ0) is 9.19. The molecule has 12 heavy (non-hydrogen) atoms. The second kappa shape index (κ2) is 3.75. The first-order chi connectivity index (χ1) is 5.64. The molecule has 0 heterocycles. The van der Waals surface area contributed by atoms with E-state index < -0.39 is 0 Å². The Kier molecular flexibility index (Phi) is 3.13. The molecule has 1 saturated carbocycles. The average Bonchev–Trinajstić information content (AvgIpc) is 2.80. The summed E-state index contributed by atoms with van der Waals surface area (Å²) in [6.07, 6.45) is 2.62. The van der Waals surface area contributed by atoms with E-state index >= 15 is 0 Å². The van der Waals surface area contributed by atoms with Crippen LogP contribution >= 0.6 is 0 Å². The van der Waals surface area contributed by atoms with Crippen LogP contribution in [-0.2, 0) is 0 Å². The van der Waals surface area contributed by atoms with Gasteiger partial charge in [-0.25, -0.2) is 0 Å². The molecule has 1 rings (SSSR count). The van der Waals surface area contributed by atoms with Gasteiger partial charge in [0.05, 0.1) is 0 Å². The van der Waals surface area contributed by atoms with Crippen LogP contribution in [0.25, 0.3) is 0 Å². The molecule has 0 aromatic carbocycles. The van der Waals surface area contributed by atoms with Crippen molar-refractivity contribution in [1.82, 2.24) is 4.90 Å². The Bertz CT molecular complexity index is 139. The van der Waals surface area contributed by atoms with Crippen LogP contribution in [0.3, 0.4) is 0 Å². The Morgan fingerprint density at radius 1 is 1.42 bits per heavy atom. The summed E-state index contributed by atoms with van der Waals surface area (Å²) in [5, 5.41) is 0. The molecule has 1 aliphatic carbocycles. The number of rotatable bonds is 5. The van der Waals surface area contributed by atoms with Gasteiger partial charge in [0.25, 0.3) is 0 Å². The molecule has 1 aliphatic rings. The third-order valence-electron chi connectivity index (χ3n) is 2.85. The molecule has 0 saturated heterocycles. The van der Waals surface area contributed by atoms with Gasteiger partial charge in [0, 0.05) is 18.6 Å². The first-order valence-electron chi connectivity index (χ1n) is 5.10. The summed E-state index contributed by atoms with van der Waals surface area (Å²) in [7, 11) is 0. The minimum Gasteiger partial charge on any atom is -0.329 e. The van der Waals surface area contributed by atoms with Crippen LogP contribution in [0.5, 0.6) is 0 Å². The predicted molar refractivity (Wildman–Crippen MR) is 53.1 cm³/mol. The molecule has 72 valence electrons. The van der Waals surface area contributed by atoms with Gasteiger partial charge in [0.2, 0.25) is 0 Å². The highest BCUT2D eigenvalue weighted by Crippen LogP contribution is 2.40. The first kappa shape index (κ1) is 10.0. The third-order valence-corrected chi connectivity index (χ3v) is 2.85. The smallest absolute Gasteiger partial charge is 0.0333 e. The summed E-state index contributed by atoms with van der Waals surface area (Å²) >= 11 is 0. The van der Waals surface area contributed by atoms with E-state index in [2.05, 4.69) is 25.7 Å². The number of hydrogen-bond donors (Lipinski definition) is 1. The Labute approximate surface area is 76.1 Å². The normalized spacial score (nSPS) is 20.5. The van der Waals surface area contributed by atoms with Crippen molar-refractivity contribution < 1.29 is 0 Å². The first-order valence-corrected chi connectivity index (χ1v) is 5.10. The Morgan fingerprint density at radius 3 is 2.25 bits per heavy atom. The molecule has 2 N–H and O–H groups in total. The molecule has 0 amide bonds. The summed E-state index contributed by atoms with van der Waals surface area (Å²) in [5.41, 5.74) is 6.18. The maximum atomic E-state index is 5.78. The summed E-state index contributed by atoms with van der Waals surface area (Å²) in [6.45, 7) is 9.97. The molecule has 0 spiro atoms. The van der Waals surface area contributed by atoms with Crippen molar-refractivity contribution in [2.45, 2.75) is 39.2 Å². The van der Waals surface area contributed by atoms with Crippen molar-refractivity contribution in [2.24, 2.45) is 11.7 Å². The molecule has 0 atom stereocenters. The van der Waals surface area contributed by atoms with Gasteiger partial charge in [-0.3, -0.25) is 4.90 Å². The van der Waals surface area contributed by atoms with Crippen molar-refractivity contribution in [1.29, 1.82) is 0 Å². The highest BCUT2D eigenvalue weighted by Gasteiger charge is 2.45. The van der Waals surface area contributed by atoms with Crippen LogP contribution in [0.15, 0.2) is 0 Å². The van der Waals surface area contributed by atoms with E-state index in [0.717, 1.165) is 19.0 Å². The van der Waals surface area contributed by atoms with Crippen LogP contribution < -0.4 is 5.73 Å². The molecule has 0 aromatic heterocycles. The lowest BCUT2D eigenvalue weighted by Crippen LogP contribution is -2.44. The van der Waals surface area contributed by atoms with Gasteiger partial charge in [0.15, 0.2) is 0 Å². The monoisotopic (exact) mass is 170 g/mol. The molecular formula is C10H22N2. The van der Waals surface area contributed by atoms with Crippen LogP contribution in [0.1, 0.15) is 33.6 Å². The lowest BCUT2D eigenvalue weighted by Gasteiger charge is -2.31. The van der Waals surface area contributed by atoms with Gasteiger partial charge in [0.1, 0.15) is 0 Å². The molecule has 2 nitrogen and oxygen atoms in total. The average molecular weight is 170 g/mol. The molecule has 0 radical (unpaired) electrons. The van der Waals surface area contributed by atoms with Crippen LogP contribution in [0, 0.1) is 5.92 Å². The fraction of sp³-hybridized carbons (Fsp3) is 1.00. The lowest BCUT2D eigenvalue weighted by atomic mass is 10.1. The van der Waals surface area contributed by atoms with Gasteiger partial charge in [-0.2, -0.15) is 0 Å². The Morgan fingerprint density at radius 2 is 2.00 bits per heavy atom. The molecular weight excluding hydrogens is 148 g/mol. The summed E-state index contributed by atoms with van der Waals surface area (Å²) in [5.74, 6) is 0.758. The zero-order valence-corrected chi connectivity index (χ0v) is 8.64. The van der Waals surface area contributed by atoms with Gasteiger partial charge in [-0.05, 0) is 25.3 Å². The highest BCUT2D eigenvalue weighted by atomic mass is 15.2. The van der Waals surface area contributed by atoms with Crippen molar-refractivity contribution in [2.75, 3.05) is 19.6 Å². The van der Waals surface area contributed by atoms with Crippen molar-refractivity contribution in [3.8, 4) is 0 Å². The summed E-state index contributed by atoms with van der Waals surface area (Å²) in [6, 6.07) is 0. The lowest BCUT2D eigenvalue weighted by molar-refractivity contribution is 0.170. The molecule has 2 heteroatoms. The van der Waals surface area contributed by atoms with E-state index in [4.69, 9.17) is 5.73 Å². The number of hydrogen-bond acceptors (Lipinski definition) is 2. The SMILES string of the molecule is CCN(CC(C)C)C1(CN)CC1. The van der Waals surface area contributed by atoms with E-state index in [9.17, 15) is 0 Å². The van der Waals surface area contributed by atoms with Gasteiger partial charge < -0.3 is 5.73 Å². The number of nitrogens with zero attached hydrogens (tertiary/aromatic N) is 1. The van der Waals surface area contributed by atoms with E-state index in [1.165, 1.54) is 19.4 Å². The van der Waals surface area contributed by atoms with Gasteiger partial charge in [-0.1, -0.05) is 20.8 Å². The van der Waals surface area contributed by atoms with Crippen molar-refractivity contribution in [3.05, 3.63) is 0 Å². The van der Waals surface area contributed by atoms with Crippen LogP contribution in [-0.4, -0.2) is 30.1 Å². The summed E-state index contributed by atoms with van der Waals surface area (Å²) in [4.78, 5) is 2.55. The standard InChI is InChI=1S/C10H22N2/c1-4-12(7-9(2)3)10(8-11)5-6-10/h9H,4-8,11H2,1-3H3. The Balaban J connectivity index is 2.44. The minimum absolute atomic E-state index is 0.402. The highest BCUT2D eigenvalue weighted by molar-refractivity contribution is 5.04. The van der Waals surface area contributed by atoms with E-state index in [0.29, 0.717) is 5.54 Å². The fourth-order valence-electron chi connectivity index (χ4n) is 1.89. The summed E-state index contributed by atoms with van der Waals surface area (Å²) < 4.78 is 0. The predicted octanol–water partition coefficient (Wildman–Crippen LogP) is 1.46. The third kappa shape index (κ3) is 1.99. The minimum atomic E-state index is 0.402. The molecule has 1 fully saturated rings. The van der Waals surface area contributed by atoms with Crippen LogP contribution in [0.4, 0.5) is 0 Å². The molecule has 0 aromatic rings. The quantitative estimate of drug-likeness (QED) is 0.677. The van der Waals surface area contributed by atoms with E-state index in [1.807, 2.05) is 0 Å². The largest absolute Gasteiger partial charge is 0.329 e. The molecule has 0 aliphatic heterocycles. The maximum absolute atomic E-state index is 5.78. The van der Waals surface area contributed by atoms with Crippen molar-refractivity contribution in [3.63, 3.8) is 0 Å². The maximum Gasteiger partial charge on any atom is 0.0333 e. The second-order valence-electron chi connectivity index (χ2n) is 4.36. The Hall–Kier alpha value is -0.0800. The topological polar surface area (TPSA) is 29.3 Å². The van der Waals surface area contributed by atoms with Crippen molar-refractivity contribution >= 4 is 0 Å². The zero-order valence-electron chi connectivity index (χ0n) is 8.64. The number of likely N-dealkylation sites (N-methyl/N-ethyl adjacent to an activating group) is 1. The van der Waals surface area contributed by atoms with E-state index in [-0.39, 0.29) is 0 Å². The van der Waals surface area contributed by atoms with Gasteiger partial charge in [-0.15, -0.1) is 0 Å². The second-order valence-corrected chi connectivity index (χ2v) is 4.36. The fourth-order valence-corrected chi connectivity index (χ4v) is 1.89.